The Hall–Kier alpha value is -3.28. The van der Waals surface area contributed by atoms with Crippen molar-refractivity contribution in [1.29, 1.82) is 0 Å². The lowest BCUT2D eigenvalue weighted by Crippen LogP contribution is -2.12. The number of rotatable bonds is 2. The smallest absolute Gasteiger partial charge is 0.406 e. The van der Waals surface area contributed by atoms with Gasteiger partial charge in [0.2, 0.25) is 0 Å². The van der Waals surface area contributed by atoms with Crippen LogP contribution in [0.3, 0.4) is 0 Å². The molecule has 0 atom stereocenters. The third kappa shape index (κ3) is 2.20. The lowest BCUT2D eigenvalue weighted by Gasteiger charge is -2.06. The number of carbonyl (C=O) groups excluding carboxylic acids is 1. The van der Waals surface area contributed by atoms with Crippen molar-refractivity contribution in [2.75, 3.05) is 5.32 Å². The Balaban J connectivity index is 1.73. The van der Waals surface area contributed by atoms with Gasteiger partial charge in [-0.1, -0.05) is 12.1 Å². The van der Waals surface area contributed by atoms with Crippen LogP contribution in [0.25, 0.3) is 22.0 Å². The molecule has 0 aliphatic carbocycles. The fraction of sp³-hybridized carbons (Fsp3) is 0.0588. The molecule has 0 spiro atoms. The predicted octanol–water partition coefficient (Wildman–Crippen LogP) is 2.87. The zero-order valence-electron chi connectivity index (χ0n) is 12.3. The number of aromatic nitrogens is 2. The summed E-state index contributed by atoms with van der Waals surface area (Å²) >= 11 is 0. The van der Waals surface area contributed by atoms with E-state index in [1.54, 1.807) is 24.3 Å². The SMILES string of the molecule is Cn1ccc2ccc(C(=O)Nc3cccc4[nH]c(=O)oc34)cc21. The van der Waals surface area contributed by atoms with Crippen molar-refractivity contribution >= 4 is 33.6 Å². The first-order chi connectivity index (χ1) is 11.1. The first-order valence-electron chi connectivity index (χ1n) is 7.10. The van der Waals surface area contributed by atoms with Crippen LogP contribution in [0.5, 0.6) is 0 Å². The number of carbonyl (C=O) groups is 1. The second-order valence-corrected chi connectivity index (χ2v) is 5.35. The number of anilines is 1. The molecule has 2 aromatic carbocycles. The summed E-state index contributed by atoms with van der Waals surface area (Å²) in [7, 11) is 1.93. The highest BCUT2D eigenvalue weighted by molar-refractivity contribution is 6.09. The van der Waals surface area contributed by atoms with Crippen molar-refractivity contribution in [3.05, 3.63) is 64.8 Å². The molecule has 0 saturated heterocycles. The average molecular weight is 307 g/mol. The van der Waals surface area contributed by atoms with Crippen molar-refractivity contribution in [2.45, 2.75) is 0 Å². The van der Waals surface area contributed by atoms with Crippen molar-refractivity contribution in [3.63, 3.8) is 0 Å². The number of oxazole rings is 1. The van der Waals surface area contributed by atoms with Gasteiger partial charge in [0.1, 0.15) is 0 Å². The van der Waals surface area contributed by atoms with Gasteiger partial charge in [-0.05, 0) is 35.7 Å². The van der Waals surface area contributed by atoms with E-state index in [0.717, 1.165) is 10.9 Å². The number of nitrogens with one attached hydrogen (secondary N) is 2. The highest BCUT2D eigenvalue weighted by atomic mass is 16.4. The molecular formula is C17H13N3O3. The normalized spacial score (nSPS) is 11.2. The van der Waals surface area contributed by atoms with Crippen LogP contribution in [0, 0.1) is 0 Å². The molecule has 0 fully saturated rings. The van der Waals surface area contributed by atoms with Crippen LogP contribution in [0.1, 0.15) is 10.4 Å². The van der Waals surface area contributed by atoms with Crippen molar-refractivity contribution < 1.29 is 9.21 Å². The zero-order chi connectivity index (χ0) is 16.0. The molecule has 6 nitrogen and oxygen atoms in total. The highest BCUT2D eigenvalue weighted by Gasteiger charge is 2.12. The third-order valence-corrected chi connectivity index (χ3v) is 3.85. The monoisotopic (exact) mass is 307 g/mol. The summed E-state index contributed by atoms with van der Waals surface area (Å²) in [5.74, 6) is -0.809. The Morgan fingerprint density at radius 1 is 1.22 bits per heavy atom. The van der Waals surface area contributed by atoms with Gasteiger partial charge < -0.3 is 14.3 Å². The van der Waals surface area contributed by atoms with Gasteiger partial charge in [0.05, 0.1) is 11.2 Å². The number of para-hydroxylation sites is 1. The summed E-state index contributed by atoms with van der Waals surface area (Å²) < 4.78 is 7.04. The standard InChI is InChI=1S/C17H13N3O3/c1-20-8-7-10-5-6-11(9-14(10)20)16(21)18-12-3-2-4-13-15(12)23-17(22)19-13/h2-9H,1H3,(H,18,21)(H,19,22). The number of benzene rings is 2. The van der Waals surface area contributed by atoms with Crippen LogP contribution >= 0.6 is 0 Å². The van der Waals surface area contributed by atoms with Crippen LogP contribution in [0.15, 0.2) is 57.9 Å². The van der Waals surface area contributed by atoms with Gasteiger partial charge in [-0.15, -0.1) is 0 Å². The molecule has 114 valence electrons. The lowest BCUT2D eigenvalue weighted by molar-refractivity contribution is 0.102. The van der Waals surface area contributed by atoms with E-state index in [2.05, 4.69) is 10.3 Å². The molecule has 2 heterocycles. The Bertz CT molecular complexity index is 1100. The molecule has 0 saturated carbocycles. The summed E-state index contributed by atoms with van der Waals surface area (Å²) in [6, 6.07) is 12.6. The van der Waals surface area contributed by atoms with Gasteiger partial charge in [-0.2, -0.15) is 0 Å². The second kappa shape index (κ2) is 4.88. The van der Waals surface area contributed by atoms with Crippen molar-refractivity contribution in [2.24, 2.45) is 7.05 Å². The first-order valence-corrected chi connectivity index (χ1v) is 7.10. The maximum atomic E-state index is 12.5. The van der Waals surface area contributed by atoms with Crippen LogP contribution in [0.2, 0.25) is 0 Å². The highest BCUT2D eigenvalue weighted by Crippen LogP contribution is 2.22. The van der Waals surface area contributed by atoms with Gasteiger partial charge in [-0.3, -0.25) is 9.78 Å². The molecule has 23 heavy (non-hydrogen) atoms. The van der Waals surface area contributed by atoms with Crippen molar-refractivity contribution in [3.8, 4) is 0 Å². The maximum Gasteiger partial charge on any atom is 0.417 e. The molecule has 2 N–H and O–H groups in total. The molecule has 0 bridgehead atoms. The molecule has 4 rings (SSSR count). The molecule has 0 aliphatic rings. The second-order valence-electron chi connectivity index (χ2n) is 5.35. The molecule has 4 aromatic rings. The lowest BCUT2D eigenvalue weighted by atomic mass is 10.1. The summed E-state index contributed by atoms with van der Waals surface area (Å²) in [5, 5.41) is 3.86. The maximum absolute atomic E-state index is 12.5. The fourth-order valence-corrected chi connectivity index (χ4v) is 2.67. The van der Waals surface area contributed by atoms with Gasteiger partial charge in [0, 0.05) is 24.3 Å². The van der Waals surface area contributed by atoms with Crippen LogP contribution in [0.4, 0.5) is 5.69 Å². The number of fused-ring (bicyclic) bond motifs is 2. The van der Waals surface area contributed by atoms with Crippen molar-refractivity contribution in [1.82, 2.24) is 9.55 Å². The molecular weight excluding hydrogens is 294 g/mol. The summed E-state index contributed by atoms with van der Waals surface area (Å²) in [6.45, 7) is 0. The minimum absolute atomic E-state index is 0.260. The average Bonchev–Trinajstić information content (AvgIpc) is 3.10. The summed E-state index contributed by atoms with van der Waals surface area (Å²) in [4.78, 5) is 26.4. The van der Waals surface area contributed by atoms with Gasteiger partial charge in [0.25, 0.3) is 5.91 Å². The summed E-state index contributed by atoms with van der Waals surface area (Å²) in [5.41, 5.74) is 2.85. The van der Waals surface area contributed by atoms with Gasteiger partial charge in [0.15, 0.2) is 5.58 Å². The fourth-order valence-electron chi connectivity index (χ4n) is 2.67. The topological polar surface area (TPSA) is 80.0 Å². The third-order valence-electron chi connectivity index (χ3n) is 3.85. The zero-order valence-corrected chi connectivity index (χ0v) is 12.3. The largest absolute Gasteiger partial charge is 0.417 e. The predicted molar refractivity (Wildman–Crippen MR) is 87.7 cm³/mol. The van der Waals surface area contributed by atoms with E-state index in [9.17, 15) is 9.59 Å². The number of hydrogen-bond donors (Lipinski definition) is 2. The quantitative estimate of drug-likeness (QED) is 0.597. The minimum Gasteiger partial charge on any atom is -0.406 e. The Labute approximate surface area is 130 Å². The van der Waals surface area contributed by atoms with Crippen LogP contribution < -0.4 is 11.1 Å². The number of nitrogens with zero attached hydrogens (tertiary/aromatic N) is 1. The van der Waals surface area contributed by atoms with E-state index in [0.29, 0.717) is 22.4 Å². The van der Waals surface area contributed by atoms with E-state index >= 15 is 0 Å². The number of aryl methyl sites for hydroxylation is 1. The molecule has 0 radical (unpaired) electrons. The Morgan fingerprint density at radius 3 is 2.96 bits per heavy atom. The first kappa shape index (κ1) is 13.4. The van der Waals surface area contributed by atoms with E-state index in [4.69, 9.17) is 4.42 Å². The van der Waals surface area contributed by atoms with E-state index in [-0.39, 0.29) is 5.91 Å². The Morgan fingerprint density at radius 2 is 2.09 bits per heavy atom. The summed E-state index contributed by atoms with van der Waals surface area (Å²) in [6.07, 6.45) is 1.95. The number of aromatic amines is 1. The number of H-pyrrole nitrogens is 1. The Kier molecular flexibility index (Phi) is 2.84. The molecule has 2 aromatic heterocycles. The van der Waals surface area contributed by atoms with Crippen LogP contribution in [-0.4, -0.2) is 15.5 Å². The molecule has 0 aliphatic heterocycles. The minimum atomic E-state index is -0.549. The number of hydrogen-bond acceptors (Lipinski definition) is 3. The van der Waals surface area contributed by atoms with E-state index in [1.165, 1.54) is 0 Å². The molecule has 6 heteroatoms. The van der Waals surface area contributed by atoms with E-state index in [1.807, 2.05) is 36.0 Å². The van der Waals surface area contributed by atoms with E-state index < -0.39 is 5.76 Å². The molecule has 1 amide bonds. The molecule has 0 unspecified atom stereocenters. The van der Waals surface area contributed by atoms with Crippen LogP contribution in [-0.2, 0) is 7.05 Å². The van der Waals surface area contributed by atoms with Gasteiger partial charge >= 0.3 is 5.76 Å². The van der Waals surface area contributed by atoms with Gasteiger partial charge in [-0.25, -0.2) is 4.79 Å². The number of amides is 1.